The van der Waals surface area contributed by atoms with E-state index in [2.05, 4.69) is 0 Å². The van der Waals surface area contributed by atoms with E-state index in [9.17, 15) is 8.42 Å². The Morgan fingerprint density at radius 3 is 2.46 bits per heavy atom. The minimum Gasteiger partial charge on any atom is -0.378 e. The van der Waals surface area contributed by atoms with Crippen molar-refractivity contribution in [1.82, 2.24) is 4.31 Å². The van der Waals surface area contributed by atoms with Crippen LogP contribution < -0.4 is 4.90 Å². The lowest BCUT2D eigenvalue weighted by Gasteiger charge is -2.32. The van der Waals surface area contributed by atoms with Crippen LogP contribution >= 0.6 is 11.6 Å². The van der Waals surface area contributed by atoms with Gasteiger partial charge in [0, 0.05) is 37.9 Å². The van der Waals surface area contributed by atoms with Gasteiger partial charge >= 0.3 is 0 Å². The van der Waals surface area contributed by atoms with Crippen LogP contribution in [0.1, 0.15) is 17.2 Å². The van der Waals surface area contributed by atoms with E-state index in [1.54, 1.807) is 12.1 Å². The lowest BCUT2D eigenvalue weighted by atomic mass is 10.1. The second-order valence-electron chi connectivity index (χ2n) is 6.62. The van der Waals surface area contributed by atoms with E-state index in [0.29, 0.717) is 18.2 Å². The Hall–Kier alpha value is -1.60. The van der Waals surface area contributed by atoms with E-state index in [4.69, 9.17) is 16.3 Å². The van der Waals surface area contributed by atoms with Crippen molar-refractivity contribution in [1.29, 1.82) is 0 Å². The van der Waals surface area contributed by atoms with E-state index >= 15 is 0 Å². The van der Waals surface area contributed by atoms with Gasteiger partial charge in [0.1, 0.15) is 0 Å². The average Bonchev–Trinajstić information content (AvgIpc) is 2.64. The lowest BCUT2D eigenvalue weighted by molar-refractivity contribution is -0.00254. The fourth-order valence-electron chi connectivity index (χ4n) is 2.92. The highest BCUT2D eigenvalue weighted by Crippen LogP contribution is 2.29. The number of ether oxygens (including phenoxy) is 1. The molecule has 0 N–H and O–H groups in total. The summed E-state index contributed by atoms with van der Waals surface area (Å²) in [5, 5.41) is 0.454. The summed E-state index contributed by atoms with van der Waals surface area (Å²) in [6.07, 6.45) is -0.282. The summed E-state index contributed by atoms with van der Waals surface area (Å²) in [6, 6.07) is 12.8. The molecule has 1 aliphatic heterocycles. The average molecular weight is 395 g/mol. The summed E-state index contributed by atoms with van der Waals surface area (Å²) >= 11 is 6.11. The van der Waals surface area contributed by atoms with E-state index in [0.717, 1.165) is 16.8 Å². The van der Waals surface area contributed by atoms with E-state index in [-0.39, 0.29) is 17.5 Å². The molecule has 1 fully saturated rings. The molecule has 0 radical (unpaired) electrons. The van der Waals surface area contributed by atoms with Gasteiger partial charge in [0.25, 0.3) is 0 Å². The standard InChI is InChI=1S/C19H23ClN2O3S/c1-14-4-9-17(12-18(14)20)26(23,24)22-10-11-25-19(13-22)15-5-7-16(8-6-15)21(2)3/h4-9,12,19H,10-11,13H2,1-3H3. The Kier molecular flexibility index (Phi) is 5.58. The molecular formula is C19H23ClN2O3S. The quantitative estimate of drug-likeness (QED) is 0.796. The highest BCUT2D eigenvalue weighted by atomic mass is 35.5. The molecule has 0 aliphatic carbocycles. The molecule has 5 nitrogen and oxygen atoms in total. The fraction of sp³-hybridized carbons (Fsp3) is 0.368. The van der Waals surface area contributed by atoms with Crippen molar-refractivity contribution in [3.63, 3.8) is 0 Å². The Morgan fingerprint density at radius 2 is 1.85 bits per heavy atom. The number of nitrogens with zero attached hydrogens (tertiary/aromatic N) is 2. The zero-order valence-electron chi connectivity index (χ0n) is 15.1. The Bertz CT molecular complexity index is 882. The molecule has 3 rings (SSSR count). The molecule has 0 spiro atoms. The largest absolute Gasteiger partial charge is 0.378 e. The minimum atomic E-state index is -3.60. The molecule has 0 saturated carbocycles. The Morgan fingerprint density at radius 1 is 1.15 bits per heavy atom. The van der Waals surface area contributed by atoms with Crippen LogP contribution in [0.25, 0.3) is 0 Å². The first-order chi connectivity index (χ1) is 12.3. The first-order valence-corrected chi connectivity index (χ1v) is 10.3. The number of benzene rings is 2. The van der Waals surface area contributed by atoms with E-state index in [1.165, 1.54) is 10.4 Å². The van der Waals surface area contributed by atoms with Gasteiger partial charge in [-0.05, 0) is 42.3 Å². The van der Waals surface area contributed by atoms with Crippen molar-refractivity contribution in [2.45, 2.75) is 17.9 Å². The molecule has 1 atom stereocenters. The topological polar surface area (TPSA) is 49.9 Å². The molecule has 1 unspecified atom stereocenters. The van der Waals surface area contributed by atoms with E-state index < -0.39 is 10.0 Å². The predicted molar refractivity (Wildman–Crippen MR) is 104 cm³/mol. The van der Waals surface area contributed by atoms with E-state index in [1.807, 2.05) is 50.2 Å². The van der Waals surface area contributed by atoms with Crippen LogP contribution in [0.4, 0.5) is 5.69 Å². The predicted octanol–water partition coefficient (Wildman–Crippen LogP) is 3.48. The number of aryl methyl sites for hydroxylation is 1. The van der Waals surface area contributed by atoms with Crippen molar-refractivity contribution >= 4 is 27.3 Å². The molecule has 1 aliphatic rings. The minimum absolute atomic E-state index is 0.219. The zero-order valence-corrected chi connectivity index (χ0v) is 16.7. The van der Waals surface area contributed by atoms with Gasteiger partial charge in [-0.3, -0.25) is 0 Å². The third-order valence-electron chi connectivity index (χ3n) is 4.59. The van der Waals surface area contributed by atoms with Crippen molar-refractivity contribution in [2.75, 3.05) is 38.7 Å². The molecule has 140 valence electrons. The van der Waals surface area contributed by atoms with Crippen LogP contribution in [0.3, 0.4) is 0 Å². The maximum Gasteiger partial charge on any atom is 0.243 e. The summed E-state index contributed by atoms with van der Waals surface area (Å²) < 4.78 is 33.2. The second kappa shape index (κ2) is 7.56. The molecule has 1 heterocycles. The second-order valence-corrected chi connectivity index (χ2v) is 8.96. The van der Waals surface area contributed by atoms with Crippen LogP contribution in [0.15, 0.2) is 47.4 Å². The van der Waals surface area contributed by atoms with Gasteiger partial charge in [0.2, 0.25) is 10.0 Å². The van der Waals surface area contributed by atoms with Gasteiger partial charge in [0.05, 0.1) is 17.6 Å². The van der Waals surface area contributed by atoms with Gasteiger partial charge in [-0.25, -0.2) is 8.42 Å². The number of hydrogen-bond donors (Lipinski definition) is 0. The third-order valence-corrected chi connectivity index (χ3v) is 6.86. The first-order valence-electron chi connectivity index (χ1n) is 8.44. The summed E-state index contributed by atoms with van der Waals surface area (Å²) in [7, 11) is 0.355. The summed E-state index contributed by atoms with van der Waals surface area (Å²) in [5.41, 5.74) is 2.91. The molecule has 0 bridgehead atoms. The van der Waals surface area contributed by atoms with Crippen molar-refractivity contribution in [2.24, 2.45) is 0 Å². The van der Waals surface area contributed by atoms with Crippen LogP contribution in [-0.4, -0.2) is 46.5 Å². The van der Waals surface area contributed by atoms with Gasteiger partial charge in [-0.1, -0.05) is 29.8 Å². The zero-order chi connectivity index (χ0) is 18.9. The number of sulfonamides is 1. The van der Waals surface area contributed by atoms with Crippen LogP contribution in [0.5, 0.6) is 0 Å². The van der Waals surface area contributed by atoms with Gasteiger partial charge in [0.15, 0.2) is 0 Å². The number of morpholine rings is 1. The molecule has 0 amide bonds. The fourth-order valence-corrected chi connectivity index (χ4v) is 4.61. The molecule has 2 aromatic carbocycles. The molecule has 1 saturated heterocycles. The summed E-state index contributed by atoms with van der Waals surface area (Å²) in [5.74, 6) is 0. The number of rotatable bonds is 4. The molecule has 0 aromatic heterocycles. The number of anilines is 1. The molecule has 26 heavy (non-hydrogen) atoms. The van der Waals surface area contributed by atoms with Gasteiger partial charge < -0.3 is 9.64 Å². The monoisotopic (exact) mass is 394 g/mol. The number of hydrogen-bond acceptors (Lipinski definition) is 4. The third kappa shape index (κ3) is 3.88. The SMILES string of the molecule is Cc1ccc(S(=O)(=O)N2CCOC(c3ccc(N(C)C)cc3)C2)cc1Cl. The normalized spacial score (nSPS) is 18.7. The summed E-state index contributed by atoms with van der Waals surface area (Å²) in [4.78, 5) is 2.24. The van der Waals surface area contributed by atoms with Crippen LogP contribution in [-0.2, 0) is 14.8 Å². The van der Waals surface area contributed by atoms with Crippen molar-refractivity contribution < 1.29 is 13.2 Å². The molecular weight excluding hydrogens is 372 g/mol. The highest BCUT2D eigenvalue weighted by Gasteiger charge is 2.31. The van der Waals surface area contributed by atoms with Crippen molar-refractivity contribution in [3.8, 4) is 0 Å². The maximum atomic E-state index is 13.0. The maximum absolute atomic E-state index is 13.0. The highest BCUT2D eigenvalue weighted by molar-refractivity contribution is 7.89. The lowest BCUT2D eigenvalue weighted by Crippen LogP contribution is -2.42. The molecule has 7 heteroatoms. The Balaban J connectivity index is 1.82. The van der Waals surface area contributed by atoms with Crippen LogP contribution in [0.2, 0.25) is 5.02 Å². The van der Waals surface area contributed by atoms with Crippen LogP contribution in [0, 0.1) is 6.92 Å². The van der Waals surface area contributed by atoms with Crippen molar-refractivity contribution in [3.05, 3.63) is 58.6 Å². The van der Waals surface area contributed by atoms with Gasteiger partial charge in [-0.2, -0.15) is 4.31 Å². The number of halogens is 1. The van der Waals surface area contributed by atoms with Gasteiger partial charge in [-0.15, -0.1) is 0 Å². The molecule has 2 aromatic rings. The summed E-state index contributed by atoms with van der Waals surface area (Å²) in [6.45, 7) is 2.83. The Labute approximate surface area is 160 Å². The first kappa shape index (κ1) is 19.2. The smallest absolute Gasteiger partial charge is 0.243 e.